The van der Waals surface area contributed by atoms with Gasteiger partial charge in [-0.3, -0.25) is 0 Å². The van der Waals surface area contributed by atoms with Crippen LogP contribution < -0.4 is 9.47 Å². The monoisotopic (exact) mass is 260 g/mol. The first kappa shape index (κ1) is 12.0. The fourth-order valence-electron chi connectivity index (χ4n) is 1.94. The van der Waals surface area contributed by atoms with E-state index in [4.69, 9.17) is 14.2 Å². The minimum absolute atomic E-state index is 0.606. The number of ether oxygens (including phenoxy) is 3. The number of nitrogens with zero attached hydrogens (tertiary/aromatic N) is 2. The number of benzene rings is 1. The molecule has 0 spiro atoms. The Labute approximate surface area is 111 Å². The summed E-state index contributed by atoms with van der Waals surface area (Å²) in [6.07, 6.45) is 7.56. The van der Waals surface area contributed by atoms with Crippen molar-refractivity contribution in [3.8, 4) is 11.5 Å². The summed E-state index contributed by atoms with van der Waals surface area (Å²) in [7, 11) is 0. The molecule has 2 heterocycles. The first-order valence-electron chi connectivity index (χ1n) is 6.41. The third kappa shape index (κ3) is 3.06. The van der Waals surface area contributed by atoms with Gasteiger partial charge in [0.15, 0.2) is 11.5 Å². The van der Waals surface area contributed by atoms with E-state index in [2.05, 4.69) is 9.55 Å². The van der Waals surface area contributed by atoms with Crippen molar-refractivity contribution < 1.29 is 14.2 Å². The van der Waals surface area contributed by atoms with E-state index in [1.807, 2.05) is 36.8 Å². The first-order chi connectivity index (χ1) is 9.42. The van der Waals surface area contributed by atoms with Crippen LogP contribution >= 0.6 is 0 Å². The van der Waals surface area contributed by atoms with Crippen molar-refractivity contribution in [1.82, 2.24) is 9.55 Å². The van der Waals surface area contributed by atoms with Gasteiger partial charge in [-0.25, -0.2) is 4.98 Å². The molecule has 5 nitrogen and oxygen atoms in total. The molecule has 3 rings (SSSR count). The van der Waals surface area contributed by atoms with Crippen LogP contribution in [0, 0.1) is 0 Å². The molecule has 0 saturated carbocycles. The number of imidazole rings is 1. The van der Waals surface area contributed by atoms with E-state index < -0.39 is 6.48 Å². The van der Waals surface area contributed by atoms with Crippen LogP contribution in [0.4, 0.5) is 0 Å². The summed E-state index contributed by atoms with van der Waals surface area (Å²) in [5.74, 6) is 1.48. The van der Waals surface area contributed by atoms with Crippen LogP contribution in [-0.2, 0) is 11.3 Å². The van der Waals surface area contributed by atoms with Gasteiger partial charge in [0.05, 0.1) is 12.9 Å². The molecule has 0 amide bonds. The molecule has 2 aromatic rings. The highest BCUT2D eigenvalue weighted by Gasteiger charge is 2.23. The van der Waals surface area contributed by atoms with E-state index in [1.165, 1.54) is 0 Å². The van der Waals surface area contributed by atoms with Gasteiger partial charge >= 0.3 is 6.48 Å². The van der Waals surface area contributed by atoms with Crippen molar-refractivity contribution in [2.75, 3.05) is 6.61 Å². The second kappa shape index (κ2) is 5.75. The Balaban J connectivity index is 1.34. The SMILES string of the molecule is c1ccc2c(c1)OC(OCCCCn1ccnc1)O2. The zero-order chi connectivity index (χ0) is 12.9. The van der Waals surface area contributed by atoms with Crippen molar-refractivity contribution in [3.05, 3.63) is 43.0 Å². The summed E-state index contributed by atoms with van der Waals surface area (Å²) in [5, 5.41) is 0. The van der Waals surface area contributed by atoms with Crippen molar-refractivity contribution in [1.29, 1.82) is 0 Å². The molecule has 0 unspecified atom stereocenters. The third-order valence-corrected chi connectivity index (χ3v) is 2.92. The van der Waals surface area contributed by atoms with Crippen molar-refractivity contribution in [3.63, 3.8) is 0 Å². The molecule has 0 bridgehead atoms. The van der Waals surface area contributed by atoms with Gasteiger partial charge in [0, 0.05) is 18.9 Å². The topological polar surface area (TPSA) is 45.5 Å². The van der Waals surface area contributed by atoms with Gasteiger partial charge < -0.3 is 18.8 Å². The van der Waals surface area contributed by atoms with E-state index in [9.17, 15) is 0 Å². The molecule has 0 radical (unpaired) electrons. The Hall–Kier alpha value is -2.01. The Morgan fingerprint density at radius 3 is 2.63 bits per heavy atom. The van der Waals surface area contributed by atoms with E-state index in [1.54, 1.807) is 6.20 Å². The van der Waals surface area contributed by atoms with Gasteiger partial charge in [-0.1, -0.05) is 12.1 Å². The number of fused-ring (bicyclic) bond motifs is 1. The fraction of sp³-hybridized carbons (Fsp3) is 0.357. The standard InChI is InChI=1S/C14H16N2O3/c1-2-6-13-12(5-1)18-14(19-13)17-10-4-3-8-16-9-7-15-11-16/h1-2,5-7,9,11,14H,3-4,8,10H2. The quantitative estimate of drug-likeness (QED) is 0.748. The molecule has 0 atom stereocenters. The van der Waals surface area contributed by atoms with Crippen LogP contribution in [0.25, 0.3) is 0 Å². The summed E-state index contributed by atoms with van der Waals surface area (Å²) in [6, 6.07) is 7.57. The van der Waals surface area contributed by atoms with Gasteiger partial charge in [0.25, 0.3) is 0 Å². The molecule has 0 saturated heterocycles. The minimum atomic E-state index is -0.606. The summed E-state index contributed by atoms with van der Waals surface area (Å²) in [5.41, 5.74) is 0. The Bertz CT molecular complexity index is 488. The molecule has 0 aliphatic carbocycles. The number of para-hydroxylation sites is 2. The zero-order valence-electron chi connectivity index (χ0n) is 10.6. The number of unbranched alkanes of at least 4 members (excludes halogenated alkanes) is 1. The average molecular weight is 260 g/mol. The van der Waals surface area contributed by atoms with Gasteiger partial charge in [0.1, 0.15) is 0 Å². The fourth-order valence-corrected chi connectivity index (χ4v) is 1.94. The number of hydrogen-bond acceptors (Lipinski definition) is 4. The maximum Gasteiger partial charge on any atom is 0.361 e. The van der Waals surface area contributed by atoms with Crippen LogP contribution in [0.5, 0.6) is 11.5 Å². The molecule has 5 heteroatoms. The van der Waals surface area contributed by atoms with E-state index >= 15 is 0 Å². The lowest BCUT2D eigenvalue weighted by molar-refractivity contribution is -0.177. The lowest BCUT2D eigenvalue weighted by atomic mass is 10.3. The molecular formula is C14H16N2O3. The van der Waals surface area contributed by atoms with Crippen molar-refractivity contribution in [2.24, 2.45) is 0 Å². The molecule has 100 valence electrons. The summed E-state index contributed by atoms with van der Waals surface area (Å²) in [4.78, 5) is 4.00. The predicted octanol–water partition coefficient (Wildman–Crippen LogP) is 2.43. The number of hydrogen-bond donors (Lipinski definition) is 0. The van der Waals surface area contributed by atoms with Crippen LogP contribution in [0.3, 0.4) is 0 Å². The highest BCUT2D eigenvalue weighted by atomic mass is 16.9. The smallest absolute Gasteiger partial charge is 0.361 e. The first-order valence-corrected chi connectivity index (χ1v) is 6.41. The highest BCUT2D eigenvalue weighted by molar-refractivity contribution is 5.41. The maximum atomic E-state index is 5.54. The third-order valence-electron chi connectivity index (χ3n) is 2.92. The van der Waals surface area contributed by atoms with E-state index in [0.29, 0.717) is 6.61 Å². The Kier molecular flexibility index (Phi) is 3.65. The van der Waals surface area contributed by atoms with Gasteiger partial charge in [-0.2, -0.15) is 0 Å². The Morgan fingerprint density at radius 1 is 1.16 bits per heavy atom. The normalized spacial score (nSPS) is 13.9. The largest absolute Gasteiger partial charge is 0.428 e. The molecular weight excluding hydrogens is 244 g/mol. The second-order valence-corrected chi connectivity index (χ2v) is 4.35. The van der Waals surface area contributed by atoms with Crippen LogP contribution in [0.1, 0.15) is 12.8 Å². The van der Waals surface area contributed by atoms with E-state index in [0.717, 1.165) is 30.9 Å². The minimum Gasteiger partial charge on any atom is -0.428 e. The van der Waals surface area contributed by atoms with Gasteiger partial charge in [-0.15, -0.1) is 0 Å². The molecule has 1 aliphatic rings. The molecule has 1 aromatic heterocycles. The molecule has 19 heavy (non-hydrogen) atoms. The van der Waals surface area contributed by atoms with Crippen LogP contribution in [0.2, 0.25) is 0 Å². The zero-order valence-corrected chi connectivity index (χ0v) is 10.6. The number of aromatic nitrogens is 2. The number of aryl methyl sites for hydroxylation is 1. The van der Waals surface area contributed by atoms with Crippen molar-refractivity contribution >= 4 is 0 Å². The van der Waals surface area contributed by atoms with Crippen LogP contribution in [-0.4, -0.2) is 22.6 Å². The second-order valence-electron chi connectivity index (χ2n) is 4.35. The van der Waals surface area contributed by atoms with Gasteiger partial charge in [0.2, 0.25) is 0 Å². The molecule has 0 fully saturated rings. The Morgan fingerprint density at radius 2 is 1.95 bits per heavy atom. The predicted molar refractivity (Wildman–Crippen MR) is 68.9 cm³/mol. The average Bonchev–Trinajstić information content (AvgIpc) is 3.06. The lowest BCUT2D eigenvalue weighted by Gasteiger charge is -2.10. The van der Waals surface area contributed by atoms with Crippen LogP contribution in [0.15, 0.2) is 43.0 Å². The molecule has 0 N–H and O–H groups in total. The highest BCUT2D eigenvalue weighted by Crippen LogP contribution is 2.34. The molecule has 1 aromatic carbocycles. The number of rotatable bonds is 6. The van der Waals surface area contributed by atoms with E-state index in [-0.39, 0.29) is 0 Å². The summed E-state index contributed by atoms with van der Waals surface area (Å²) >= 11 is 0. The summed E-state index contributed by atoms with van der Waals surface area (Å²) in [6.45, 7) is 0.967. The maximum absolute atomic E-state index is 5.54. The molecule has 1 aliphatic heterocycles. The van der Waals surface area contributed by atoms with Crippen molar-refractivity contribution in [2.45, 2.75) is 25.9 Å². The lowest BCUT2D eigenvalue weighted by Crippen LogP contribution is -2.22. The summed E-state index contributed by atoms with van der Waals surface area (Å²) < 4.78 is 18.6. The van der Waals surface area contributed by atoms with Gasteiger partial charge in [-0.05, 0) is 25.0 Å².